The van der Waals surface area contributed by atoms with Gasteiger partial charge in [-0.3, -0.25) is 4.79 Å². The summed E-state index contributed by atoms with van der Waals surface area (Å²) in [4.78, 5) is 11.2. The molecule has 1 aliphatic carbocycles. The summed E-state index contributed by atoms with van der Waals surface area (Å²) in [5.41, 5.74) is 0. The minimum Gasteiger partial charge on any atom is -0.456 e. The van der Waals surface area contributed by atoms with Crippen LogP contribution in [0.1, 0.15) is 32.6 Å². The fourth-order valence-electron chi connectivity index (χ4n) is 2.54. The maximum Gasteiger partial charge on any atom is 0.311 e. The van der Waals surface area contributed by atoms with Crippen molar-refractivity contribution in [3.8, 4) is 0 Å². The average molecular weight is 240 g/mol. The van der Waals surface area contributed by atoms with Gasteiger partial charge in [0.2, 0.25) is 0 Å². The van der Waals surface area contributed by atoms with Gasteiger partial charge in [0.25, 0.3) is 0 Å². The quantitative estimate of drug-likeness (QED) is 0.571. The van der Waals surface area contributed by atoms with Crippen LogP contribution in [0.25, 0.3) is 0 Å². The molecule has 2 aliphatic rings. The molecular formula is C13H20O4. The van der Waals surface area contributed by atoms with Crippen LogP contribution in [0.5, 0.6) is 0 Å². The summed E-state index contributed by atoms with van der Waals surface area (Å²) >= 11 is 0. The number of aliphatic hydroxyl groups excluding tert-OH is 2. The number of hydrogen-bond donors (Lipinski definition) is 2. The van der Waals surface area contributed by atoms with E-state index >= 15 is 0 Å². The summed E-state index contributed by atoms with van der Waals surface area (Å²) in [5, 5.41) is 19.6. The van der Waals surface area contributed by atoms with Crippen molar-refractivity contribution in [3.05, 3.63) is 12.2 Å². The summed E-state index contributed by atoms with van der Waals surface area (Å²) in [6.45, 7) is 1.61. The lowest BCUT2D eigenvalue weighted by atomic mass is 9.98. The fraction of sp³-hybridized carbons (Fsp3) is 0.769. The molecule has 1 heterocycles. The monoisotopic (exact) mass is 240 g/mol. The van der Waals surface area contributed by atoms with Crippen molar-refractivity contribution >= 4 is 5.97 Å². The van der Waals surface area contributed by atoms with Gasteiger partial charge in [-0.2, -0.15) is 0 Å². The third kappa shape index (κ3) is 2.69. The van der Waals surface area contributed by atoms with Crippen LogP contribution in [0.15, 0.2) is 12.2 Å². The first-order valence-corrected chi connectivity index (χ1v) is 6.34. The van der Waals surface area contributed by atoms with E-state index in [1.807, 2.05) is 6.08 Å². The molecule has 2 N–H and O–H groups in total. The van der Waals surface area contributed by atoms with Crippen LogP contribution in [0.2, 0.25) is 0 Å². The third-order valence-electron chi connectivity index (χ3n) is 3.79. The van der Waals surface area contributed by atoms with Crippen molar-refractivity contribution in [2.45, 2.75) is 50.9 Å². The van der Waals surface area contributed by atoms with Crippen LogP contribution < -0.4 is 0 Å². The van der Waals surface area contributed by atoms with Crippen molar-refractivity contribution < 1.29 is 19.7 Å². The number of rotatable bonds is 3. The molecule has 4 heteroatoms. The molecule has 0 aromatic carbocycles. The van der Waals surface area contributed by atoms with Crippen LogP contribution in [0.4, 0.5) is 0 Å². The Bertz CT molecular complexity index is 307. The van der Waals surface area contributed by atoms with Gasteiger partial charge in [0.1, 0.15) is 12.2 Å². The smallest absolute Gasteiger partial charge is 0.311 e. The Hall–Kier alpha value is -0.870. The minimum atomic E-state index is -0.911. The molecule has 0 bridgehead atoms. The SMILES string of the molecule is C[C@H]1C(=O)OC([C@H](O)/C=C/C2CCCC2)C1O. The Morgan fingerprint density at radius 3 is 2.59 bits per heavy atom. The van der Waals surface area contributed by atoms with Crippen molar-refractivity contribution in [3.63, 3.8) is 0 Å². The number of aliphatic hydroxyl groups is 2. The summed E-state index contributed by atoms with van der Waals surface area (Å²) in [6.07, 6.45) is 5.82. The Balaban J connectivity index is 1.91. The zero-order valence-electron chi connectivity index (χ0n) is 10.1. The second kappa shape index (κ2) is 5.19. The molecule has 1 saturated heterocycles. The number of ether oxygens (including phenoxy) is 1. The van der Waals surface area contributed by atoms with Gasteiger partial charge in [0, 0.05) is 0 Å². The van der Waals surface area contributed by atoms with Gasteiger partial charge in [0.05, 0.1) is 5.92 Å². The van der Waals surface area contributed by atoms with Crippen molar-refractivity contribution in [2.24, 2.45) is 11.8 Å². The van der Waals surface area contributed by atoms with E-state index in [0.29, 0.717) is 5.92 Å². The number of carbonyl (C=O) groups is 1. The van der Waals surface area contributed by atoms with Crippen LogP contribution >= 0.6 is 0 Å². The molecule has 2 fully saturated rings. The van der Waals surface area contributed by atoms with Gasteiger partial charge in [0.15, 0.2) is 6.10 Å². The lowest BCUT2D eigenvalue weighted by molar-refractivity contribution is -0.146. The second-order valence-electron chi connectivity index (χ2n) is 5.10. The van der Waals surface area contributed by atoms with Crippen molar-refractivity contribution in [1.29, 1.82) is 0 Å². The predicted octanol–water partition coefficient (Wildman–Crippen LogP) is 1.02. The fourth-order valence-corrected chi connectivity index (χ4v) is 2.54. The highest BCUT2D eigenvalue weighted by molar-refractivity contribution is 5.75. The molecule has 17 heavy (non-hydrogen) atoms. The van der Waals surface area contributed by atoms with E-state index in [-0.39, 0.29) is 0 Å². The Morgan fingerprint density at radius 2 is 2.06 bits per heavy atom. The molecule has 0 amide bonds. The average Bonchev–Trinajstić information content (AvgIpc) is 2.91. The zero-order valence-corrected chi connectivity index (χ0v) is 10.1. The van der Waals surface area contributed by atoms with Crippen LogP contribution in [-0.4, -0.2) is 34.5 Å². The van der Waals surface area contributed by atoms with Gasteiger partial charge in [-0.15, -0.1) is 0 Å². The standard InChI is InChI=1S/C13H20O4/c1-8-11(15)12(17-13(8)16)10(14)7-6-9-4-2-3-5-9/h6-12,14-15H,2-5H2,1H3/b7-6+/t8-,10-,11?,12?/m1/s1. The van der Waals surface area contributed by atoms with Gasteiger partial charge in [-0.05, 0) is 25.7 Å². The summed E-state index contributed by atoms with van der Waals surface area (Å²) in [7, 11) is 0. The van der Waals surface area contributed by atoms with E-state index in [1.54, 1.807) is 13.0 Å². The summed E-state index contributed by atoms with van der Waals surface area (Å²) < 4.78 is 4.97. The van der Waals surface area contributed by atoms with Crippen LogP contribution in [0.3, 0.4) is 0 Å². The molecule has 0 spiro atoms. The molecule has 0 radical (unpaired) electrons. The zero-order chi connectivity index (χ0) is 12.4. The number of carbonyl (C=O) groups excluding carboxylic acids is 1. The highest BCUT2D eigenvalue weighted by Gasteiger charge is 2.43. The normalized spacial score (nSPS) is 36.6. The molecule has 0 aromatic rings. The van der Waals surface area contributed by atoms with Crippen LogP contribution in [-0.2, 0) is 9.53 Å². The van der Waals surface area contributed by atoms with Gasteiger partial charge in [-0.1, -0.05) is 25.0 Å². The summed E-state index contributed by atoms with van der Waals surface area (Å²) in [6, 6.07) is 0. The maximum absolute atomic E-state index is 11.2. The Morgan fingerprint density at radius 1 is 1.41 bits per heavy atom. The van der Waals surface area contributed by atoms with E-state index in [0.717, 1.165) is 12.8 Å². The largest absolute Gasteiger partial charge is 0.456 e. The van der Waals surface area contributed by atoms with E-state index in [4.69, 9.17) is 4.74 Å². The number of allylic oxidation sites excluding steroid dienone is 1. The molecule has 1 saturated carbocycles. The molecule has 1 aliphatic heterocycles. The first-order valence-electron chi connectivity index (χ1n) is 6.34. The molecule has 2 rings (SSSR count). The molecule has 4 nitrogen and oxygen atoms in total. The van der Waals surface area contributed by atoms with E-state index < -0.39 is 30.2 Å². The van der Waals surface area contributed by atoms with Crippen molar-refractivity contribution in [1.82, 2.24) is 0 Å². The first kappa shape index (κ1) is 12.6. The Labute approximate surface area is 101 Å². The lowest BCUT2D eigenvalue weighted by Gasteiger charge is -2.17. The number of cyclic esters (lactones) is 1. The molecule has 4 atom stereocenters. The Kier molecular flexibility index (Phi) is 3.84. The minimum absolute atomic E-state index is 0.434. The van der Waals surface area contributed by atoms with Crippen molar-refractivity contribution in [2.75, 3.05) is 0 Å². The van der Waals surface area contributed by atoms with E-state index in [2.05, 4.69) is 0 Å². The third-order valence-corrected chi connectivity index (χ3v) is 3.79. The van der Waals surface area contributed by atoms with Crippen LogP contribution in [0, 0.1) is 11.8 Å². The molecule has 2 unspecified atom stereocenters. The topological polar surface area (TPSA) is 66.8 Å². The number of hydrogen-bond acceptors (Lipinski definition) is 4. The van der Waals surface area contributed by atoms with Gasteiger partial charge < -0.3 is 14.9 Å². The summed E-state index contributed by atoms with van der Waals surface area (Å²) in [5.74, 6) is -0.457. The lowest BCUT2D eigenvalue weighted by Crippen LogP contribution is -2.35. The number of esters is 1. The van der Waals surface area contributed by atoms with E-state index in [9.17, 15) is 15.0 Å². The van der Waals surface area contributed by atoms with Gasteiger partial charge in [-0.25, -0.2) is 0 Å². The molecule has 96 valence electrons. The van der Waals surface area contributed by atoms with E-state index in [1.165, 1.54) is 12.8 Å². The highest BCUT2D eigenvalue weighted by atomic mass is 16.6. The molecule has 0 aromatic heterocycles. The second-order valence-corrected chi connectivity index (χ2v) is 5.10. The highest BCUT2D eigenvalue weighted by Crippen LogP contribution is 2.27. The molecular weight excluding hydrogens is 220 g/mol. The first-order chi connectivity index (χ1) is 8.09. The van der Waals surface area contributed by atoms with Gasteiger partial charge >= 0.3 is 5.97 Å². The maximum atomic E-state index is 11.2. The predicted molar refractivity (Wildman–Crippen MR) is 62.2 cm³/mol.